The quantitative estimate of drug-likeness (QED) is 0.559. The maximum absolute atomic E-state index is 13.3. The van der Waals surface area contributed by atoms with Gasteiger partial charge in [-0.1, -0.05) is 0 Å². The Bertz CT molecular complexity index is 909. The summed E-state index contributed by atoms with van der Waals surface area (Å²) >= 11 is 0. The molecule has 1 aromatic rings. The maximum Gasteiger partial charge on any atom is 0.274 e. The van der Waals surface area contributed by atoms with Crippen LogP contribution >= 0.6 is 0 Å². The lowest BCUT2D eigenvalue weighted by Crippen LogP contribution is -2.51. The van der Waals surface area contributed by atoms with Gasteiger partial charge >= 0.3 is 0 Å². The van der Waals surface area contributed by atoms with Crippen molar-refractivity contribution < 1.29 is 9.53 Å². The molecule has 1 aliphatic heterocycles. The molecule has 1 N–H and O–H groups in total. The lowest BCUT2D eigenvalue weighted by Gasteiger charge is -2.39. The van der Waals surface area contributed by atoms with Gasteiger partial charge in [0.2, 0.25) is 0 Å². The Balaban J connectivity index is 1.86. The second kappa shape index (κ2) is 9.56. The van der Waals surface area contributed by atoms with E-state index in [2.05, 4.69) is 35.9 Å². The van der Waals surface area contributed by atoms with Crippen molar-refractivity contribution in [2.45, 2.75) is 58.1 Å². The summed E-state index contributed by atoms with van der Waals surface area (Å²) < 4.78 is 5.49. The van der Waals surface area contributed by atoms with Crippen molar-refractivity contribution in [2.75, 3.05) is 14.2 Å². The smallest absolute Gasteiger partial charge is 0.274 e. The van der Waals surface area contributed by atoms with Gasteiger partial charge in [0.05, 0.1) is 11.8 Å². The molecule has 1 fully saturated rings. The van der Waals surface area contributed by atoms with Gasteiger partial charge in [-0.05, 0) is 77.3 Å². The van der Waals surface area contributed by atoms with E-state index in [1.807, 2.05) is 37.1 Å². The van der Waals surface area contributed by atoms with Gasteiger partial charge in [-0.15, -0.1) is 0 Å². The minimum absolute atomic E-state index is 0.218. The number of pyridine rings is 1. The van der Waals surface area contributed by atoms with Crippen molar-refractivity contribution in [1.29, 1.82) is 0 Å². The number of aromatic nitrogens is 1. The molecule has 166 valence electrons. The summed E-state index contributed by atoms with van der Waals surface area (Å²) in [4.78, 5) is 28.2. The summed E-state index contributed by atoms with van der Waals surface area (Å²) in [5, 5.41) is 3.20. The van der Waals surface area contributed by atoms with Crippen molar-refractivity contribution in [3.63, 3.8) is 0 Å². The Morgan fingerprint density at radius 2 is 2.03 bits per heavy atom. The molecule has 0 radical (unpaired) electrons. The highest BCUT2D eigenvalue weighted by Crippen LogP contribution is 2.34. The van der Waals surface area contributed by atoms with Crippen LogP contribution < -0.4 is 5.32 Å². The number of hydrogen-bond acceptors (Lipinski definition) is 6. The van der Waals surface area contributed by atoms with Gasteiger partial charge in [0.15, 0.2) is 11.5 Å². The first kappa shape index (κ1) is 22.9. The van der Waals surface area contributed by atoms with Gasteiger partial charge < -0.3 is 15.0 Å². The predicted octanol–water partition coefficient (Wildman–Crippen LogP) is 3.69. The minimum Gasteiger partial charge on any atom is -0.381 e. The number of nitrogens with one attached hydrogen (secondary N) is 1. The summed E-state index contributed by atoms with van der Waals surface area (Å²) in [5.41, 5.74) is 2.42. The second-order valence-corrected chi connectivity index (χ2v) is 8.80. The van der Waals surface area contributed by atoms with E-state index in [1.54, 1.807) is 19.5 Å². The number of carbonyl (C=O) groups is 1. The maximum atomic E-state index is 13.3. The largest absolute Gasteiger partial charge is 0.381 e. The molecule has 2 heterocycles. The van der Waals surface area contributed by atoms with Crippen molar-refractivity contribution >= 4 is 18.3 Å². The van der Waals surface area contributed by atoms with Crippen LogP contribution in [0.1, 0.15) is 52.0 Å². The molecule has 0 atom stereocenters. The van der Waals surface area contributed by atoms with E-state index in [0.717, 1.165) is 42.7 Å². The molecule has 2 aliphatic rings. The summed E-state index contributed by atoms with van der Waals surface area (Å²) in [6.45, 7) is 9.79. The standard InChI is InChI=1S/C24H33N5O2/c1-16-14-20(17-8-7-13-26-15-17)27-22(29(16)5)21(25-4)23(30)28-24(2,3)18-9-11-19(31-6)12-10-18/h7-8,13-15,18-19H,4,9-12H2,1-3,5-6H3,(H,28,30)/b22-21-/t18-,19-. The molecule has 1 amide bonds. The number of nitrogens with zero attached hydrogens (tertiary/aromatic N) is 4. The van der Waals surface area contributed by atoms with E-state index < -0.39 is 0 Å². The Labute approximate surface area is 185 Å². The van der Waals surface area contributed by atoms with E-state index in [-0.39, 0.29) is 17.1 Å². The fraction of sp³-hybridized carbons (Fsp3) is 0.500. The molecule has 0 unspecified atom stereocenters. The van der Waals surface area contributed by atoms with Gasteiger partial charge in [-0.25, -0.2) is 4.99 Å². The Morgan fingerprint density at radius 3 is 2.61 bits per heavy atom. The van der Waals surface area contributed by atoms with E-state index in [9.17, 15) is 4.79 Å². The molecular formula is C24H33N5O2. The van der Waals surface area contributed by atoms with E-state index in [4.69, 9.17) is 9.73 Å². The van der Waals surface area contributed by atoms with Gasteiger partial charge in [0.25, 0.3) is 5.91 Å². The average Bonchev–Trinajstić information content (AvgIpc) is 2.77. The number of hydrogen-bond donors (Lipinski definition) is 1. The van der Waals surface area contributed by atoms with Crippen molar-refractivity contribution in [2.24, 2.45) is 15.9 Å². The molecule has 0 saturated heterocycles. The van der Waals surface area contributed by atoms with Gasteiger partial charge in [0.1, 0.15) is 0 Å². The Hall–Kier alpha value is -2.80. The van der Waals surface area contributed by atoms with Crippen molar-refractivity contribution in [3.05, 3.63) is 53.4 Å². The van der Waals surface area contributed by atoms with Crippen molar-refractivity contribution in [3.8, 4) is 0 Å². The molecular weight excluding hydrogens is 390 g/mol. The fourth-order valence-electron chi connectivity index (χ4n) is 4.28. The normalized spacial score (nSPS) is 23.6. The van der Waals surface area contributed by atoms with E-state index in [0.29, 0.717) is 17.8 Å². The number of ether oxygens (including phenoxy) is 1. The Kier molecular flexibility index (Phi) is 7.05. The lowest BCUT2D eigenvalue weighted by atomic mass is 9.75. The van der Waals surface area contributed by atoms with Gasteiger partial charge in [-0.2, -0.15) is 0 Å². The zero-order valence-electron chi connectivity index (χ0n) is 19.2. The number of aliphatic imine (C=N–C) groups is 2. The zero-order chi connectivity index (χ0) is 22.6. The predicted molar refractivity (Wildman–Crippen MR) is 124 cm³/mol. The molecule has 1 aromatic heterocycles. The first-order valence-corrected chi connectivity index (χ1v) is 10.7. The topological polar surface area (TPSA) is 79.2 Å². The lowest BCUT2D eigenvalue weighted by molar-refractivity contribution is -0.120. The molecule has 1 saturated carbocycles. The summed E-state index contributed by atoms with van der Waals surface area (Å²) in [5.74, 6) is 0.587. The van der Waals surface area contributed by atoms with Crippen LogP contribution in [0, 0.1) is 5.92 Å². The number of allylic oxidation sites excluding steroid dienone is 2. The van der Waals surface area contributed by atoms with Crippen LogP contribution in [0.15, 0.2) is 57.8 Å². The number of carbonyl (C=O) groups excluding carboxylic acids is 1. The first-order valence-electron chi connectivity index (χ1n) is 10.7. The summed E-state index contributed by atoms with van der Waals surface area (Å²) in [7, 11) is 3.64. The molecule has 7 nitrogen and oxygen atoms in total. The molecule has 3 rings (SSSR count). The molecule has 0 spiro atoms. The third-order valence-electron chi connectivity index (χ3n) is 6.42. The zero-order valence-corrected chi connectivity index (χ0v) is 19.2. The van der Waals surface area contributed by atoms with Gasteiger partial charge in [-0.3, -0.25) is 14.8 Å². The number of amides is 1. The highest BCUT2D eigenvalue weighted by molar-refractivity contribution is 6.10. The highest BCUT2D eigenvalue weighted by Gasteiger charge is 2.35. The summed E-state index contributed by atoms with van der Waals surface area (Å²) in [6.07, 6.45) is 9.83. The van der Waals surface area contributed by atoms with Crippen LogP contribution in [-0.2, 0) is 9.53 Å². The molecule has 31 heavy (non-hydrogen) atoms. The number of rotatable bonds is 6. The summed E-state index contributed by atoms with van der Waals surface area (Å²) in [6, 6.07) is 3.81. The first-order chi connectivity index (χ1) is 14.8. The van der Waals surface area contributed by atoms with Crippen molar-refractivity contribution in [1.82, 2.24) is 15.2 Å². The SMILES string of the molecule is C=N/C(C(=O)NC(C)(C)[C@H]1CC[C@H](OC)CC1)=C1/N=C(c2cccnc2)C=C(C)N1C. The molecule has 1 aliphatic carbocycles. The van der Waals surface area contributed by atoms with Gasteiger partial charge in [0, 0.05) is 43.4 Å². The average molecular weight is 424 g/mol. The minimum atomic E-state index is -0.375. The molecule has 0 bridgehead atoms. The third-order valence-corrected chi connectivity index (χ3v) is 6.42. The highest BCUT2D eigenvalue weighted by atomic mass is 16.5. The van der Waals surface area contributed by atoms with Crippen LogP contribution in [0.5, 0.6) is 0 Å². The van der Waals surface area contributed by atoms with Crippen LogP contribution in [0.25, 0.3) is 0 Å². The monoisotopic (exact) mass is 423 g/mol. The molecule has 7 heteroatoms. The van der Waals surface area contributed by atoms with Crippen LogP contribution in [0.4, 0.5) is 0 Å². The van der Waals surface area contributed by atoms with Crippen LogP contribution in [-0.4, -0.2) is 54.0 Å². The fourth-order valence-corrected chi connectivity index (χ4v) is 4.28. The second-order valence-electron chi connectivity index (χ2n) is 8.80. The third kappa shape index (κ3) is 5.10. The molecule has 0 aromatic carbocycles. The van der Waals surface area contributed by atoms with Crippen LogP contribution in [0.2, 0.25) is 0 Å². The van der Waals surface area contributed by atoms with Crippen LogP contribution in [0.3, 0.4) is 0 Å². The number of methoxy groups -OCH3 is 1. The van der Waals surface area contributed by atoms with E-state index in [1.165, 1.54) is 0 Å². The van der Waals surface area contributed by atoms with E-state index >= 15 is 0 Å². The Morgan fingerprint density at radius 1 is 1.32 bits per heavy atom.